The van der Waals surface area contributed by atoms with Gasteiger partial charge in [-0.3, -0.25) is 0 Å². The van der Waals surface area contributed by atoms with Crippen LogP contribution in [0.15, 0.2) is 12.4 Å². The molecule has 2 rings (SSSR count). The van der Waals surface area contributed by atoms with Gasteiger partial charge < -0.3 is 14.2 Å². The molecule has 0 aromatic carbocycles. The molecule has 0 aliphatic carbocycles. The number of nitrogens with zero attached hydrogens (tertiary/aromatic N) is 3. The van der Waals surface area contributed by atoms with Crippen LogP contribution in [0.2, 0.25) is 0 Å². The number of rotatable bonds is 4. The van der Waals surface area contributed by atoms with Crippen LogP contribution in [0.1, 0.15) is 48.0 Å². The smallest absolute Gasteiger partial charge is 0.399 e. The van der Waals surface area contributed by atoms with Gasteiger partial charge in [-0.25, -0.2) is 9.97 Å². The lowest BCUT2D eigenvalue weighted by Gasteiger charge is -2.32. The molecule has 1 atom stereocenters. The third-order valence-corrected chi connectivity index (χ3v) is 4.75. The molecule has 1 aromatic rings. The van der Waals surface area contributed by atoms with Crippen LogP contribution in [-0.4, -0.2) is 41.4 Å². The van der Waals surface area contributed by atoms with Gasteiger partial charge in [0.2, 0.25) is 5.95 Å². The molecule has 0 spiro atoms. The molecule has 21 heavy (non-hydrogen) atoms. The van der Waals surface area contributed by atoms with E-state index in [0.717, 1.165) is 17.8 Å². The Morgan fingerprint density at radius 2 is 1.62 bits per heavy atom. The predicted octanol–water partition coefficient (Wildman–Crippen LogP) is 2.01. The van der Waals surface area contributed by atoms with E-state index in [0.29, 0.717) is 6.04 Å². The highest BCUT2D eigenvalue weighted by molar-refractivity contribution is 6.61. The summed E-state index contributed by atoms with van der Waals surface area (Å²) in [4.78, 5) is 11.0. The van der Waals surface area contributed by atoms with E-state index in [1.165, 1.54) is 0 Å². The molecular formula is C15H26BN3O2. The summed E-state index contributed by atoms with van der Waals surface area (Å²) < 4.78 is 12.0. The summed E-state index contributed by atoms with van der Waals surface area (Å²) in [5, 5.41) is 0. The zero-order chi connectivity index (χ0) is 15.8. The van der Waals surface area contributed by atoms with Crippen LogP contribution < -0.4 is 10.4 Å². The fourth-order valence-corrected chi connectivity index (χ4v) is 2.09. The van der Waals surface area contributed by atoms with Gasteiger partial charge in [-0.15, -0.1) is 0 Å². The van der Waals surface area contributed by atoms with Crippen molar-refractivity contribution >= 4 is 18.5 Å². The lowest BCUT2D eigenvalue weighted by Crippen LogP contribution is -2.41. The van der Waals surface area contributed by atoms with Gasteiger partial charge in [-0.2, -0.15) is 0 Å². The second-order valence-electron chi connectivity index (χ2n) is 6.77. The third-order valence-electron chi connectivity index (χ3n) is 4.75. The maximum Gasteiger partial charge on any atom is 0.498 e. The number of hydrogen-bond donors (Lipinski definition) is 0. The minimum absolute atomic E-state index is 0.343. The second-order valence-corrected chi connectivity index (χ2v) is 6.77. The molecule has 0 bridgehead atoms. The molecule has 116 valence electrons. The van der Waals surface area contributed by atoms with Gasteiger partial charge in [0, 0.05) is 30.9 Å². The molecule has 5 nitrogen and oxygen atoms in total. The van der Waals surface area contributed by atoms with Crippen LogP contribution in [0.25, 0.3) is 0 Å². The highest BCUT2D eigenvalue weighted by atomic mass is 16.7. The quantitative estimate of drug-likeness (QED) is 0.794. The van der Waals surface area contributed by atoms with Gasteiger partial charge in [0.25, 0.3) is 0 Å². The van der Waals surface area contributed by atoms with Crippen molar-refractivity contribution in [1.82, 2.24) is 9.97 Å². The molecule has 1 aromatic heterocycles. The van der Waals surface area contributed by atoms with Gasteiger partial charge in [0.15, 0.2) is 0 Å². The lowest BCUT2D eigenvalue weighted by atomic mass is 9.81. The first kappa shape index (κ1) is 16.2. The Hall–Kier alpha value is -1.14. The van der Waals surface area contributed by atoms with Gasteiger partial charge in [0.1, 0.15) is 0 Å². The van der Waals surface area contributed by atoms with E-state index in [4.69, 9.17) is 9.31 Å². The molecule has 0 N–H and O–H groups in total. The Morgan fingerprint density at radius 1 is 1.14 bits per heavy atom. The first-order chi connectivity index (χ1) is 9.68. The van der Waals surface area contributed by atoms with Gasteiger partial charge >= 0.3 is 7.12 Å². The van der Waals surface area contributed by atoms with Crippen molar-refractivity contribution < 1.29 is 9.31 Å². The van der Waals surface area contributed by atoms with Crippen LogP contribution in [0.5, 0.6) is 0 Å². The summed E-state index contributed by atoms with van der Waals surface area (Å²) in [6.07, 6.45) is 4.64. The van der Waals surface area contributed by atoms with Crippen LogP contribution in [0.3, 0.4) is 0 Å². The Balaban J connectivity index is 2.14. The van der Waals surface area contributed by atoms with Crippen molar-refractivity contribution in [3.05, 3.63) is 12.4 Å². The predicted molar refractivity (Wildman–Crippen MR) is 85.9 cm³/mol. The Kier molecular flexibility index (Phi) is 4.31. The summed E-state index contributed by atoms with van der Waals surface area (Å²) >= 11 is 0. The van der Waals surface area contributed by atoms with Crippen molar-refractivity contribution in [1.29, 1.82) is 0 Å². The Labute approximate surface area is 128 Å². The highest BCUT2D eigenvalue weighted by Crippen LogP contribution is 2.36. The van der Waals surface area contributed by atoms with E-state index in [9.17, 15) is 0 Å². The van der Waals surface area contributed by atoms with Crippen LogP contribution >= 0.6 is 0 Å². The van der Waals surface area contributed by atoms with Crippen molar-refractivity contribution in [2.45, 2.75) is 65.2 Å². The molecule has 1 aliphatic heterocycles. The standard InChI is InChI=1S/C15H26BN3O2/c1-8-11(2)19(7)13-17-9-12(10-18-13)16-20-14(3,4)15(5,6)21-16/h9-11H,8H2,1-7H3. The average molecular weight is 291 g/mol. The van der Waals surface area contributed by atoms with Crippen LogP contribution in [-0.2, 0) is 9.31 Å². The van der Waals surface area contributed by atoms with Gasteiger partial charge in [-0.05, 0) is 41.0 Å². The number of anilines is 1. The van der Waals surface area contributed by atoms with E-state index >= 15 is 0 Å². The Morgan fingerprint density at radius 3 is 2.05 bits per heavy atom. The van der Waals surface area contributed by atoms with Crippen molar-refractivity contribution in [2.75, 3.05) is 11.9 Å². The normalized spacial score (nSPS) is 21.4. The fraction of sp³-hybridized carbons (Fsp3) is 0.733. The molecule has 0 radical (unpaired) electrons. The molecule has 0 amide bonds. The van der Waals surface area contributed by atoms with E-state index in [1.807, 2.05) is 34.7 Å². The second kappa shape index (κ2) is 5.57. The van der Waals surface area contributed by atoms with Crippen molar-refractivity contribution in [3.8, 4) is 0 Å². The van der Waals surface area contributed by atoms with E-state index < -0.39 is 7.12 Å². The van der Waals surface area contributed by atoms with Crippen molar-refractivity contribution in [2.24, 2.45) is 0 Å². The van der Waals surface area contributed by atoms with E-state index in [1.54, 1.807) is 12.4 Å². The SMILES string of the molecule is CCC(C)N(C)c1ncc(B2OC(C)(C)C(C)(C)O2)cn1. The summed E-state index contributed by atoms with van der Waals surface area (Å²) in [6, 6.07) is 0.410. The Bertz CT molecular complexity index is 474. The van der Waals surface area contributed by atoms with Gasteiger partial charge in [0.05, 0.1) is 11.2 Å². The maximum absolute atomic E-state index is 6.00. The first-order valence-electron chi connectivity index (χ1n) is 7.58. The zero-order valence-corrected chi connectivity index (χ0v) is 14.2. The molecule has 1 fully saturated rings. The van der Waals surface area contributed by atoms with Crippen molar-refractivity contribution in [3.63, 3.8) is 0 Å². The monoisotopic (exact) mass is 291 g/mol. The lowest BCUT2D eigenvalue weighted by molar-refractivity contribution is 0.00578. The average Bonchev–Trinajstić information content (AvgIpc) is 2.66. The molecule has 0 saturated carbocycles. The summed E-state index contributed by atoms with van der Waals surface area (Å²) in [7, 11) is 1.61. The summed E-state index contributed by atoms with van der Waals surface area (Å²) in [6.45, 7) is 12.5. The minimum Gasteiger partial charge on any atom is -0.399 e. The fourth-order valence-electron chi connectivity index (χ4n) is 2.09. The first-order valence-corrected chi connectivity index (χ1v) is 7.58. The van der Waals surface area contributed by atoms with E-state index in [-0.39, 0.29) is 11.2 Å². The number of hydrogen-bond acceptors (Lipinski definition) is 5. The van der Waals surface area contributed by atoms with Crippen LogP contribution in [0, 0.1) is 0 Å². The zero-order valence-electron chi connectivity index (χ0n) is 14.2. The largest absolute Gasteiger partial charge is 0.498 e. The highest BCUT2D eigenvalue weighted by Gasteiger charge is 2.51. The van der Waals surface area contributed by atoms with Crippen LogP contribution in [0.4, 0.5) is 5.95 Å². The minimum atomic E-state index is -0.405. The molecule has 6 heteroatoms. The molecule has 1 unspecified atom stereocenters. The van der Waals surface area contributed by atoms with Gasteiger partial charge in [-0.1, -0.05) is 6.92 Å². The topological polar surface area (TPSA) is 47.5 Å². The number of aromatic nitrogens is 2. The van der Waals surface area contributed by atoms with E-state index in [2.05, 4.69) is 28.7 Å². The third kappa shape index (κ3) is 3.06. The summed E-state index contributed by atoms with van der Waals surface area (Å²) in [5.74, 6) is 0.726. The molecule has 1 aliphatic rings. The maximum atomic E-state index is 6.00. The summed E-state index contributed by atoms with van der Waals surface area (Å²) in [5.41, 5.74) is 0.170. The molecule has 2 heterocycles. The molecular weight excluding hydrogens is 265 g/mol. The molecule has 1 saturated heterocycles.